The van der Waals surface area contributed by atoms with Crippen LogP contribution in [0.15, 0.2) is 0 Å². The molecule has 1 aliphatic heterocycles. The minimum atomic E-state index is -0.417. The first-order valence-electron chi connectivity index (χ1n) is 1.19. The smallest absolute Gasteiger partial charge is 0.178 e. The van der Waals surface area contributed by atoms with Crippen LogP contribution < -0.4 is 0 Å². The molecule has 0 aromatic rings. The normalized spacial score (nSPS) is 39.8. The maximum Gasteiger partial charge on any atom is 0.178 e. The minimum Gasteiger partial charge on any atom is -0.366 e. The lowest BCUT2D eigenvalue weighted by Gasteiger charge is -1.54. The number of ether oxygens (including phenoxy) is 1. The molecule has 1 unspecified atom stereocenters. The van der Waals surface area contributed by atoms with Gasteiger partial charge in [-0.1, -0.05) is 0 Å². The molecule has 1 rings (SSSR count). The lowest BCUT2D eigenvalue weighted by molar-refractivity contribution is 0.156. The Hall–Kier alpha value is -0.0800. The Balaban J connectivity index is 2.17. The van der Waals surface area contributed by atoms with Crippen LogP contribution in [0.3, 0.4) is 0 Å². The molecule has 0 spiro atoms. The van der Waals surface area contributed by atoms with Crippen molar-refractivity contribution in [2.45, 2.75) is 6.29 Å². The molecule has 1 fully saturated rings. The third-order valence-electron chi connectivity index (χ3n) is 0.316. The highest BCUT2D eigenvalue weighted by Gasteiger charge is 2.16. The van der Waals surface area contributed by atoms with Gasteiger partial charge in [0.1, 0.15) is 6.61 Å². The van der Waals surface area contributed by atoms with E-state index in [4.69, 9.17) is 5.11 Å². The van der Waals surface area contributed by atoms with E-state index in [0.717, 1.165) is 0 Å². The van der Waals surface area contributed by atoms with Crippen LogP contribution >= 0.6 is 0 Å². The first kappa shape index (κ1) is 2.18. The highest BCUT2D eigenvalue weighted by molar-refractivity contribution is 4.48. The third kappa shape index (κ3) is 0.191. The summed E-state index contributed by atoms with van der Waals surface area (Å²) in [5.74, 6) is 0. The van der Waals surface area contributed by atoms with Gasteiger partial charge in [0.2, 0.25) is 0 Å². The maximum absolute atomic E-state index is 7.94. The molecule has 0 saturated carbocycles. The van der Waals surface area contributed by atoms with Crippen molar-refractivity contribution in [1.82, 2.24) is 0 Å². The van der Waals surface area contributed by atoms with Gasteiger partial charge in [-0.2, -0.15) is 0 Å². The Morgan fingerprint density at radius 2 is 2.25 bits per heavy atom. The molecular formula is C2H4O2. The predicted molar refractivity (Wildman–Crippen MR) is 12.0 cm³/mol. The maximum atomic E-state index is 7.94. The van der Waals surface area contributed by atoms with E-state index >= 15 is 0 Å². The van der Waals surface area contributed by atoms with Crippen molar-refractivity contribution in [3.63, 3.8) is 0 Å². The Bertz CT molecular complexity index is 23.2. The third-order valence-corrected chi connectivity index (χ3v) is 0.316. The summed E-state index contributed by atoms with van der Waals surface area (Å²) in [6.07, 6.45) is -0.417. The summed E-state index contributed by atoms with van der Waals surface area (Å²) in [6.45, 7) is 0.542. The summed E-state index contributed by atoms with van der Waals surface area (Å²) in [4.78, 5) is 0. The summed E-state index contributed by atoms with van der Waals surface area (Å²) in [5, 5.41) is 7.94. The van der Waals surface area contributed by atoms with Gasteiger partial charge in [0.05, 0.1) is 0 Å². The van der Waals surface area contributed by atoms with Crippen molar-refractivity contribution >= 4 is 0 Å². The minimum absolute atomic E-state index is 0.417. The van der Waals surface area contributed by atoms with Crippen molar-refractivity contribution in [1.29, 1.82) is 0 Å². The predicted octanol–water partition coefficient (Wildman–Crippen LogP) is -0.665. The molecule has 0 bridgehead atoms. The Kier molecular flexibility index (Phi) is 0.242. The fourth-order valence-corrected chi connectivity index (χ4v) is 0.0430. The van der Waals surface area contributed by atoms with Crippen molar-refractivity contribution in [3.05, 3.63) is 0 Å². The second-order valence-corrected chi connectivity index (χ2v) is 0.788. The van der Waals surface area contributed by atoms with Gasteiger partial charge in [0.25, 0.3) is 0 Å². The molecule has 24 valence electrons. The average Bonchev–Trinajstić information content (AvgIpc) is 1.75. The van der Waals surface area contributed by atoms with E-state index in [2.05, 4.69) is 4.74 Å². The van der Waals surface area contributed by atoms with E-state index < -0.39 is 6.29 Å². The Morgan fingerprint density at radius 1 is 2.00 bits per heavy atom. The van der Waals surface area contributed by atoms with Crippen molar-refractivity contribution < 1.29 is 9.84 Å². The quantitative estimate of drug-likeness (QED) is 0.376. The van der Waals surface area contributed by atoms with Crippen LogP contribution in [0, 0.1) is 0 Å². The zero-order valence-electron chi connectivity index (χ0n) is 2.14. The zero-order chi connectivity index (χ0) is 2.99. The molecule has 0 aromatic heterocycles. The summed E-state index contributed by atoms with van der Waals surface area (Å²) >= 11 is 0. The molecule has 1 N–H and O–H groups in total. The molecular weight excluding hydrogens is 56.0 g/mol. The molecule has 1 saturated heterocycles. The number of rotatable bonds is 0. The molecule has 1 heterocycles. The van der Waals surface area contributed by atoms with E-state index in [1.807, 2.05) is 0 Å². The molecule has 4 heavy (non-hydrogen) atoms. The molecule has 0 aliphatic carbocycles. The topological polar surface area (TPSA) is 32.8 Å². The van der Waals surface area contributed by atoms with Crippen LogP contribution in [0.2, 0.25) is 0 Å². The monoisotopic (exact) mass is 60.0 g/mol. The van der Waals surface area contributed by atoms with E-state index in [1.165, 1.54) is 0 Å². The number of hydrogen-bond donors (Lipinski definition) is 1. The van der Waals surface area contributed by atoms with Gasteiger partial charge in [0.15, 0.2) is 6.29 Å². The fraction of sp³-hybridized carbons (Fsp3) is 1.00. The summed E-state index contributed by atoms with van der Waals surface area (Å²) in [7, 11) is 0. The van der Waals surface area contributed by atoms with Gasteiger partial charge in [-0.3, -0.25) is 0 Å². The molecule has 1 aliphatic rings. The molecule has 0 radical (unpaired) electrons. The van der Waals surface area contributed by atoms with Gasteiger partial charge in [-0.05, 0) is 0 Å². The van der Waals surface area contributed by atoms with Crippen LogP contribution in [-0.4, -0.2) is 18.0 Å². The van der Waals surface area contributed by atoms with Gasteiger partial charge >= 0.3 is 0 Å². The molecule has 2 heteroatoms. The summed E-state index contributed by atoms with van der Waals surface area (Å²) in [6, 6.07) is 0. The number of epoxide rings is 1. The highest BCUT2D eigenvalue weighted by Crippen LogP contribution is 2.00. The van der Waals surface area contributed by atoms with Gasteiger partial charge in [-0.15, -0.1) is 0 Å². The lowest BCUT2D eigenvalue weighted by Crippen LogP contribution is -1.70. The Labute approximate surface area is 24.0 Å². The Morgan fingerprint density at radius 3 is 2.25 bits per heavy atom. The van der Waals surface area contributed by atoms with Crippen LogP contribution in [0.25, 0.3) is 0 Å². The summed E-state index contributed by atoms with van der Waals surface area (Å²) in [5.41, 5.74) is 0. The van der Waals surface area contributed by atoms with E-state index in [-0.39, 0.29) is 0 Å². The van der Waals surface area contributed by atoms with Crippen LogP contribution in [0.1, 0.15) is 0 Å². The van der Waals surface area contributed by atoms with E-state index in [1.54, 1.807) is 0 Å². The van der Waals surface area contributed by atoms with Crippen LogP contribution in [0.4, 0.5) is 0 Å². The van der Waals surface area contributed by atoms with Crippen LogP contribution in [0.5, 0.6) is 0 Å². The number of hydrogen-bond acceptors (Lipinski definition) is 2. The second kappa shape index (κ2) is 0.445. The first-order valence-corrected chi connectivity index (χ1v) is 1.19. The standard InChI is InChI=1S/C2H4O2/c3-2-1-4-2/h2-3H,1H2. The SMILES string of the molecule is OC1CO1. The van der Waals surface area contributed by atoms with Crippen molar-refractivity contribution in [2.75, 3.05) is 6.61 Å². The molecule has 1 atom stereocenters. The number of aliphatic hydroxyl groups is 1. The second-order valence-electron chi connectivity index (χ2n) is 0.788. The molecule has 0 amide bonds. The first-order chi connectivity index (χ1) is 1.89. The fourth-order valence-electron chi connectivity index (χ4n) is 0.0430. The van der Waals surface area contributed by atoms with Crippen LogP contribution in [-0.2, 0) is 4.74 Å². The van der Waals surface area contributed by atoms with Gasteiger partial charge < -0.3 is 9.84 Å². The van der Waals surface area contributed by atoms with E-state index in [0.29, 0.717) is 6.61 Å². The van der Waals surface area contributed by atoms with Crippen molar-refractivity contribution in [2.24, 2.45) is 0 Å². The lowest BCUT2D eigenvalue weighted by atomic mass is 10.9. The van der Waals surface area contributed by atoms with Gasteiger partial charge in [-0.25, -0.2) is 0 Å². The largest absolute Gasteiger partial charge is 0.366 e. The zero-order valence-corrected chi connectivity index (χ0v) is 2.14. The highest BCUT2D eigenvalue weighted by atomic mass is 16.7. The summed E-state index contributed by atoms with van der Waals surface area (Å²) < 4.78 is 4.26. The van der Waals surface area contributed by atoms with Gasteiger partial charge in [0, 0.05) is 0 Å². The molecule has 0 aromatic carbocycles. The van der Waals surface area contributed by atoms with E-state index in [9.17, 15) is 0 Å². The average molecular weight is 60.1 g/mol. The van der Waals surface area contributed by atoms with Crippen molar-refractivity contribution in [3.8, 4) is 0 Å². The number of aliphatic hydroxyl groups excluding tert-OH is 1. The molecule has 2 nitrogen and oxygen atoms in total.